The van der Waals surface area contributed by atoms with Crippen LogP contribution in [0.3, 0.4) is 0 Å². The van der Waals surface area contributed by atoms with Gasteiger partial charge in [-0.15, -0.1) is 24.0 Å². The monoisotopic (exact) mass is 474 g/mol. The summed E-state index contributed by atoms with van der Waals surface area (Å²) in [6, 6.07) is 7.81. The molecule has 0 aliphatic rings. The molecule has 0 atom stereocenters. The number of nitrogens with zero attached hydrogens (tertiary/aromatic N) is 2. The second-order valence-corrected chi connectivity index (χ2v) is 6.97. The Hall–Kier alpha value is -1.31. The molecule has 5 nitrogen and oxygen atoms in total. The summed E-state index contributed by atoms with van der Waals surface area (Å²) in [4.78, 5) is 17.9. The first kappa shape index (κ1) is 24.7. The van der Waals surface area contributed by atoms with Gasteiger partial charge in [0.05, 0.1) is 0 Å². The molecule has 0 unspecified atom stereocenters. The largest absolute Gasteiger partial charge is 0.356 e. The first-order valence-corrected chi connectivity index (χ1v) is 9.19. The Kier molecular flexibility index (Phi) is 13.1. The van der Waals surface area contributed by atoms with E-state index >= 15 is 0 Å². The number of benzene rings is 1. The van der Waals surface area contributed by atoms with Gasteiger partial charge in [0.15, 0.2) is 5.96 Å². The van der Waals surface area contributed by atoms with Crippen LogP contribution in [0.4, 0.5) is 0 Å². The minimum absolute atomic E-state index is 0. The third-order valence-corrected chi connectivity index (χ3v) is 4.01. The molecule has 0 heterocycles. The molecular weight excluding hydrogens is 439 g/mol. The van der Waals surface area contributed by atoms with E-state index in [4.69, 9.17) is 0 Å². The van der Waals surface area contributed by atoms with Gasteiger partial charge in [0.25, 0.3) is 5.91 Å². The molecule has 1 amide bonds. The molecule has 1 aromatic rings. The van der Waals surface area contributed by atoms with Crippen LogP contribution in [0.25, 0.3) is 0 Å². The fourth-order valence-corrected chi connectivity index (χ4v) is 2.55. The van der Waals surface area contributed by atoms with E-state index in [-0.39, 0.29) is 29.9 Å². The summed E-state index contributed by atoms with van der Waals surface area (Å²) in [6.07, 6.45) is 4.53. The molecular formula is C20H35IN4O. The molecule has 0 spiro atoms. The van der Waals surface area contributed by atoms with Gasteiger partial charge < -0.3 is 15.5 Å². The van der Waals surface area contributed by atoms with E-state index in [1.165, 1.54) is 12.8 Å². The van der Waals surface area contributed by atoms with Crippen LogP contribution in [0.1, 0.15) is 49.0 Å². The van der Waals surface area contributed by atoms with Crippen LogP contribution in [-0.2, 0) is 6.42 Å². The summed E-state index contributed by atoms with van der Waals surface area (Å²) in [6.45, 7) is 6.24. The van der Waals surface area contributed by atoms with Gasteiger partial charge in [-0.2, -0.15) is 0 Å². The third-order valence-electron chi connectivity index (χ3n) is 4.01. The molecule has 148 valence electrons. The highest BCUT2D eigenvalue weighted by molar-refractivity contribution is 14.0. The third kappa shape index (κ3) is 9.99. The number of guanidine groups is 1. The Morgan fingerprint density at radius 1 is 1.15 bits per heavy atom. The highest BCUT2D eigenvalue weighted by Gasteiger charge is 2.08. The van der Waals surface area contributed by atoms with E-state index in [2.05, 4.69) is 35.5 Å². The predicted octanol–water partition coefficient (Wildman–Crippen LogP) is 3.54. The van der Waals surface area contributed by atoms with Crippen molar-refractivity contribution in [3.8, 4) is 0 Å². The van der Waals surface area contributed by atoms with Crippen molar-refractivity contribution in [3.63, 3.8) is 0 Å². The van der Waals surface area contributed by atoms with Crippen LogP contribution in [0.5, 0.6) is 0 Å². The van der Waals surface area contributed by atoms with E-state index in [0.717, 1.165) is 48.9 Å². The normalized spacial score (nSPS) is 11.1. The van der Waals surface area contributed by atoms with E-state index in [0.29, 0.717) is 0 Å². The Bertz CT molecular complexity index is 558. The number of carbonyl (C=O) groups is 1. The second-order valence-electron chi connectivity index (χ2n) is 6.97. The Labute approximate surface area is 176 Å². The zero-order chi connectivity index (χ0) is 18.7. The number of rotatable bonds is 9. The van der Waals surface area contributed by atoms with Gasteiger partial charge in [0.2, 0.25) is 0 Å². The summed E-state index contributed by atoms with van der Waals surface area (Å²) in [5, 5.41) is 6.68. The average molecular weight is 474 g/mol. The van der Waals surface area contributed by atoms with Crippen molar-refractivity contribution >= 4 is 35.8 Å². The molecule has 0 aromatic heterocycles. The van der Waals surface area contributed by atoms with Crippen LogP contribution in [-0.4, -0.2) is 51.0 Å². The summed E-state index contributed by atoms with van der Waals surface area (Å²) in [7, 11) is 5.33. The molecule has 0 fully saturated rings. The van der Waals surface area contributed by atoms with E-state index < -0.39 is 0 Å². The van der Waals surface area contributed by atoms with Crippen molar-refractivity contribution in [2.45, 2.75) is 39.5 Å². The highest BCUT2D eigenvalue weighted by Crippen LogP contribution is 2.08. The number of amides is 1. The summed E-state index contributed by atoms with van der Waals surface area (Å²) < 4.78 is 0. The van der Waals surface area contributed by atoms with Crippen LogP contribution in [0.15, 0.2) is 29.3 Å². The molecule has 1 aromatic carbocycles. The van der Waals surface area contributed by atoms with E-state index in [1.54, 1.807) is 26.0 Å². The number of aliphatic imine (C=N–C) groups is 1. The fraction of sp³-hybridized carbons (Fsp3) is 0.600. The molecule has 0 bridgehead atoms. The molecule has 2 N–H and O–H groups in total. The molecule has 26 heavy (non-hydrogen) atoms. The van der Waals surface area contributed by atoms with Crippen molar-refractivity contribution in [1.29, 1.82) is 0 Å². The summed E-state index contributed by atoms with van der Waals surface area (Å²) in [5.74, 6) is 1.64. The maximum Gasteiger partial charge on any atom is 0.253 e. The predicted molar refractivity (Wildman–Crippen MR) is 122 cm³/mol. The molecule has 0 radical (unpaired) electrons. The van der Waals surface area contributed by atoms with Gasteiger partial charge >= 0.3 is 0 Å². The van der Waals surface area contributed by atoms with Gasteiger partial charge in [0, 0.05) is 39.8 Å². The Morgan fingerprint density at radius 3 is 2.46 bits per heavy atom. The molecule has 0 saturated carbocycles. The van der Waals surface area contributed by atoms with Crippen molar-refractivity contribution < 1.29 is 4.79 Å². The second kappa shape index (κ2) is 13.8. The number of unbranched alkanes of at least 4 members (excludes halogenated alkanes) is 1. The smallest absolute Gasteiger partial charge is 0.253 e. The highest BCUT2D eigenvalue weighted by atomic mass is 127. The van der Waals surface area contributed by atoms with Crippen molar-refractivity contribution in [3.05, 3.63) is 35.4 Å². The van der Waals surface area contributed by atoms with Gasteiger partial charge in [-0.25, -0.2) is 0 Å². The molecule has 1 rings (SSSR count). The number of halogens is 1. The lowest BCUT2D eigenvalue weighted by molar-refractivity contribution is 0.0827. The van der Waals surface area contributed by atoms with Crippen molar-refractivity contribution in [2.75, 3.05) is 34.2 Å². The van der Waals surface area contributed by atoms with Crippen LogP contribution in [0.2, 0.25) is 0 Å². The standard InChI is InChI=1S/C20H34N4O.HI/c1-16(2)9-6-7-13-22-20(21-3)23-14-12-17-10-8-11-18(15-17)19(25)24(4)5;/h8,10-11,15-16H,6-7,9,12-14H2,1-5H3,(H2,21,22,23);1H. The lowest BCUT2D eigenvalue weighted by Crippen LogP contribution is -2.38. The minimum atomic E-state index is 0. The SMILES string of the molecule is CN=C(NCCCCC(C)C)NCCc1cccc(C(=O)N(C)C)c1.I. The van der Waals surface area contributed by atoms with Gasteiger partial charge in [-0.1, -0.05) is 38.8 Å². The van der Waals surface area contributed by atoms with Crippen molar-refractivity contribution in [2.24, 2.45) is 10.9 Å². The summed E-state index contributed by atoms with van der Waals surface area (Å²) in [5.41, 5.74) is 1.88. The van der Waals surface area contributed by atoms with Gasteiger partial charge in [-0.05, 0) is 36.5 Å². The maximum absolute atomic E-state index is 12.0. The van der Waals surface area contributed by atoms with E-state index in [9.17, 15) is 4.79 Å². The maximum atomic E-state index is 12.0. The van der Waals surface area contributed by atoms with Crippen LogP contribution in [0, 0.1) is 5.92 Å². The number of carbonyl (C=O) groups excluding carboxylic acids is 1. The molecule has 0 aliphatic carbocycles. The zero-order valence-corrected chi connectivity index (χ0v) is 19.2. The van der Waals surface area contributed by atoms with Gasteiger partial charge in [0.1, 0.15) is 0 Å². The van der Waals surface area contributed by atoms with Crippen LogP contribution >= 0.6 is 24.0 Å². The summed E-state index contributed by atoms with van der Waals surface area (Å²) >= 11 is 0. The number of hydrogen-bond acceptors (Lipinski definition) is 2. The first-order valence-electron chi connectivity index (χ1n) is 9.19. The van der Waals surface area contributed by atoms with E-state index in [1.807, 2.05) is 18.2 Å². The quantitative estimate of drug-likeness (QED) is 0.249. The molecule has 6 heteroatoms. The lowest BCUT2D eigenvalue weighted by atomic mass is 10.1. The zero-order valence-electron chi connectivity index (χ0n) is 16.8. The average Bonchev–Trinajstić information content (AvgIpc) is 2.59. The number of hydrogen-bond donors (Lipinski definition) is 2. The first-order chi connectivity index (χ1) is 11.9. The topological polar surface area (TPSA) is 56.7 Å². The molecule has 0 saturated heterocycles. The Balaban J connectivity index is 0.00000625. The molecule has 0 aliphatic heterocycles. The van der Waals surface area contributed by atoms with Gasteiger partial charge in [-0.3, -0.25) is 9.79 Å². The fourth-order valence-electron chi connectivity index (χ4n) is 2.55. The van der Waals surface area contributed by atoms with Crippen molar-refractivity contribution in [1.82, 2.24) is 15.5 Å². The minimum Gasteiger partial charge on any atom is -0.356 e. The number of nitrogens with one attached hydrogen (secondary N) is 2. The van der Waals surface area contributed by atoms with Crippen LogP contribution < -0.4 is 10.6 Å². The Morgan fingerprint density at radius 2 is 1.85 bits per heavy atom. The lowest BCUT2D eigenvalue weighted by Gasteiger charge is -2.13.